The van der Waals surface area contributed by atoms with Gasteiger partial charge >= 0.3 is 0 Å². The van der Waals surface area contributed by atoms with E-state index in [0.29, 0.717) is 25.0 Å². The molecule has 0 saturated carbocycles. The van der Waals surface area contributed by atoms with Gasteiger partial charge in [-0.3, -0.25) is 0 Å². The van der Waals surface area contributed by atoms with Crippen molar-refractivity contribution in [2.75, 3.05) is 32.2 Å². The highest BCUT2D eigenvalue weighted by atomic mass is 16.5. The molecule has 1 rings (SSSR count). The molecule has 0 bridgehead atoms. The zero-order valence-electron chi connectivity index (χ0n) is 10.8. The molecule has 1 aromatic heterocycles. The number of rotatable bonds is 8. The smallest absolute Gasteiger partial charge is 0.225 e. The first kappa shape index (κ1) is 13.7. The lowest BCUT2D eigenvalue weighted by atomic mass is 10.4. The van der Waals surface area contributed by atoms with Gasteiger partial charge in [0.2, 0.25) is 11.8 Å². The van der Waals surface area contributed by atoms with Crippen LogP contribution in [0, 0.1) is 6.92 Å². The van der Waals surface area contributed by atoms with Crippen molar-refractivity contribution in [1.82, 2.24) is 9.97 Å². The summed E-state index contributed by atoms with van der Waals surface area (Å²) in [5.41, 5.74) is 0.949. The van der Waals surface area contributed by atoms with Gasteiger partial charge in [-0.2, -0.15) is 4.98 Å². The summed E-state index contributed by atoms with van der Waals surface area (Å²) in [6, 6.07) is 0. The zero-order valence-corrected chi connectivity index (χ0v) is 10.8. The average Bonchev–Trinajstić information content (AvgIpc) is 2.35. The number of ether oxygens (including phenoxy) is 2. The van der Waals surface area contributed by atoms with Gasteiger partial charge < -0.3 is 14.8 Å². The molecule has 0 aliphatic heterocycles. The fraction of sp³-hybridized carbons (Fsp3) is 0.667. The van der Waals surface area contributed by atoms with Crippen molar-refractivity contribution in [3.63, 3.8) is 0 Å². The number of nitrogens with one attached hydrogen (secondary N) is 1. The minimum Gasteiger partial charge on any atom is -0.477 e. The number of anilines is 1. The van der Waals surface area contributed by atoms with Crippen LogP contribution >= 0.6 is 0 Å². The maximum Gasteiger partial charge on any atom is 0.225 e. The quantitative estimate of drug-likeness (QED) is 0.703. The molecule has 0 fully saturated rings. The molecule has 1 aromatic rings. The molecule has 0 atom stereocenters. The number of hydrogen-bond donors (Lipinski definition) is 1. The second-order valence-electron chi connectivity index (χ2n) is 3.80. The maximum absolute atomic E-state index is 5.59. The molecule has 0 aromatic carbocycles. The van der Waals surface area contributed by atoms with Crippen LogP contribution in [0.1, 0.15) is 25.3 Å². The molecule has 5 nitrogen and oxygen atoms in total. The predicted molar refractivity (Wildman–Crippen MR) is 67.5 cm³/mol. The van der Waals surface area contributed by atoms with Gasteiger partial charge in [0.15, 0.2) is 0 Å². The van der Waals surface area contributed by atoms with Gasteiger partial charge in [-0.05, 0) is 13.3 Å². The Labute approximate surface area is 103 Å². The van der Waals surface area contributed by atoms with Crippen LogP contribution in [-0.4, -0.2) is 36.8 Å². The molecule has 0 saturated heterocycles. The van der Waals surface area contributed by atoms with E-state index in [2.05, 4.69) is 22.2 Å². The van der Waals surface area contributed by atoms with Gasteiger partial charge in [-0.1, -0.05) is 6.92 Å². The van der Waals surface area contributed by atoms with Gasteiger partial charge in [-0.15, -0.1) is 0 Å². The first-order chi connectivity index (χ1) is 8.27. The van der Waals surface area contributed by atoms with Gasteiger partial charge in [0.05, 0.1) is 6.61 Å². The Kier molecular flexibility index (Phi) is 6.32. The first-order valence-corrected chi connectivity index (χ1v) is 5.97. The second kappa shape index (κ2) is 7.84. The van der Waals surface area contributed by atoms with Crippen LogP contribution < -0.4 is 10.1 Å². The number of methoxy groups -OCH3 is 1. The zero-order chi connectivity index (χ0) is 12.5. The van der Waals surface area contributed by atoms with E-state index in [1.54, 1.807) is 13.3 Å². The molecule has 0 radical (unpaired) electrons. The topological polar surface area (TPSA) is 56.3 Å². The summed E-state index contributed by atoms with van der Waals surface area (Å²) < 4.78 is 10.6. The maximum atomic E-state index is 5.59. The van der Waals surface area contributed by atoms with Gasteiger partial charge in [-0.25, -0.2) is 4.98 Å². The average molecular weight is 239 g/mol. The fourth-order valence-corrected chi connectivity index (χ4v) is 1.27. The SMILES string of the molecule is CCCNc1ncc(C)c(OCCCOC)n1. The summed E-state index contributed by atoms with van der Waals surface area (Å²) in [6.45, 7) is 6.22. The molecule has 0 unspecified atom stereocenters. The monoisotopic (exact) mass is 239 g/mol. The molecule has 0 aliphatic carbocycles. The first-order valence-electron chi connectivity index (χ1n) is 5.97. The van der Waals surface area contributed by atoms with Crippen molar-refractivity contribution in [1.29, 1.82) is 0 Å². The van der Waals surface area contributed by atoms with Crippen LogP contribution in [0.25, 0.3) is 0 Å². The molecular formula is C12H21N3O2. The van der Waals surface area contributed by atoms with Crippen molar-refractivity contribution >= 4 is 5.95 Å². The van der Waals surface area contributed by atoms with E-state index in [1.165, 1.54) is 0 Å². The van der Waals surface area contributed by atoms with E-state index in [1.807, 2.05) is 6.92 Å². The summed E-state index contributed by atoms with van der Waals surface area (Å²) in [4.78, 5) is 8.52. The highest BCUT2D eigenvalue weighted by molar-refractivity contribution is 5.32. The van der Waals surface area contributed by atoms with Crippen LogP contribution in [0.4, 0.5) is 5.95 Å². The van der Waals surface area contributed by atoms with Crippen LogP contribution in [-0.2, 0) is 4.74 Å². The fourth-order valence-electron chi connectivity index (χ4n) is 1.27. The Morgan fingerprint density at radius 2 is 2.18 bits per heavy atom. The Hall–Kier alpha value is -1.36. The predicted octanol–water partition coefficient (Wildman–Crippen LogP) is 2.02. The number of hydrogen-bond acceptors (Lipinski definition) is 5. The van der Waals surface area contributed by atoms with Gasteiger partial charge in [0.25, 0.3) is 0 Å². The molecule has 0 aliphatic rings. The Balaban J connectivity index is 2.50. The van der Waals surface area contributed by atoms with Crippen molar-refractivity contribution < 1.29 is 9.47 Å². The standard InChI is InChI=1S/C12H21N3O2/c1-4-6-13-12-14-9-10(2)11(15-12)17-8-5-7-16-3/h9H,4-8H2,1-3H3,(H,13,14,15). The molecule has 96 valence electrons. The van der Waals surface area contributed by atoms with Crippen molar-refractivity contribution in [2.45, 2.75) is 26.7 Å². The van der Waals surface area contributed by atoms with E-state index in [4.69, 9.17) is 9.47 Å². The molecule has 0 spiro atoms. The second-order valence-corrected chi connectivity index (χ2v) is 3.80. The third-order valence-corrected chi connectivity index (χ3v) is 2.19. The van der Waals surface area contributed by atoms with Crippen molar-refractivity contribution in [2.24, 2.45) is 0 Å². The molecule has 0 amide bonds. The Morgan fingerprint density at radius 1 is 1.35 bits per heavy atom. The van der Waals surface area contributed by atoms with E-state index >= 15 is 0 Å². The Bertz CT molecular complexity index is 332. The molecular weight excluding hydrogens is 218 g/mol. The van der Waals surface area contributed by atoms with Crippen LogP contribution in [0.2, 0.25) is 0 Å². The van der Waals surface area contributed by atoms with Crippen LogP contribution in [0.15, 0.2) is 6.20 Å². The summed E-state index contributed by atoms with van der Waals surface area (Å²) >= 11 is 0. The van der Waals surface area contributed by atoms with E-state index < -0.39 is 0 Å². The lowest BCUT2D eigenvalue weighted by molar-refractivity contribution is 0.170. The summed E-state index contributed by atoms with van der Waals surface area (Å²) in [7, 11) is 1.68. The Morgan fingerprint density at radius 3 is 2.88 bits per heavy atom. The summed E-state index contributed by atoms with van der Waals surface area (Å²) in [6.07, 6.45) is 3.68. The summed E-state index contributed by atoms with van der Waals surface area (Å²) in [5, 5.41) is 3.14. The van der Waals surface area contributed by atoms with Gasteiger partial charge in [0.1, 0.15) is 0 Å². The third-order valence-electron chi connectivity index (χ3n) is 2.19. The van der Waals surface area contributed by atoms with Crippen molar-refractivity contribution in [3.05, 3.63) is 11.8 Å². The van der Waals surface area contributed by atoms with Crippen molar-refractivity contribution in [3.8, 4) is 5.88 Å². The number of nitrogens with zero attached hydrogens (tertiary/aromatic N) is 2. The third kappa shape index (κ3) is 4.99. The normalized spacial score (nSPS) is 10.3. The minimum atomic E-state index is 0.610. The van der Waals surface area contributed by atoms with Crippen LogP contribution in [0.3, 0.4) is 0 Å². The van der Waals surface area contributed by atoms with E-state index in [-0.39, 0.29) is 0 Å². The highest BCUT2D eigenvalue weighted by Crippen LogP contribution is 2.15. The summed E-state index contributed by atoms with van der Waals surface area (Å²) in [5.74, 6) is 1.27. The van der Waals surface area contributed by atoms with E-state index in [0.717, 1.165) is 24.9 Å². The van der Waals surface area contributed by atoms with Gasteiger partial charge in [0, 0.05) is 38.4 Å². The molecule has 17 heavy (non-hydrogen) atoms. The molecule has 5 heteroatoms. The molecule has 1 N–H and O–H groups in total. The minimum absolute atomic E-state index is 0.610. The lowest BCUT2D eigenvalue weighted by Gasteiger charge is -2.09. The molecule has 1 heterocycles. The largest absolute Gasteiger partial charge is 0.477 e. The lowest BCUT2D eigenvalue weighted by Crippen LogP contribution is -2.08. The van der Waals surface area contributed by atoms with E-state index in [9.17, 15) is 0 Å². The van der Waals surface area contributed by atoms with Crippen LogP contribution in [0.5, 0.6) is 5.88 Å². The number of aryl methyl sites for hydroxylation is 1. The number of aromatic nitrogens is 2. The highest BCUT2D eigenvalue weighted by Gasteiger charge is 2.04.